The van der Waals surface area contributed by atoms with Crippen LogP contribution in [-0.4, -0.2) is 50.0 Å². The number of nitrogens with one attached hydrogen (secondary N) is 1. The molecule has 0 fully saturated rings. The number of aryl methyl sites for hydroxylation is 2. The number of anilines is 1. The van der Waals surface area contributed by atoms with E-state index in [1.807, 2.05) is 45.0 Å². The van der Waals surface area contributed by atoms with E-state index in [1.165, 1.54) is 11.0 Å². The van der Waals surface area contributed by atoms with Crippen molar-refractivity contribution in [1.29, 1.82) is 0 Å². The minimum absolute atomic E-state index is 0.0995. The molecule has 2 rings (SSSR count). The first kappa shape index (κ1) is 26.7. The molecule has 1 N–H and O–H groups in total. The molecular formula is C24H32ClN3O4S. The second-order valence-corrected chi connectivity index (χ2v) is 10.9. The molecule has 2 amide bonds. The van der Waals surface area contributed by atoms with Crippen molar-refractivity contribution >= 4 is 39.1 Å². The van der Waals surface area contributed by atoms with Crippen LogP contribution in [0.2, 0.25) is 5.02 Å². The molecule has 33 heavy (non-hydrogen) atoms. The Morgan fingerprint density at radius 2 is 1.73 bits per heavy atom. The highest BCUT2D eigenvalue weighted by Gasteiger charge is 2.30. The molecule has 0 spiro atoms. The fraction of sp³-hybridized carbons (Fsp3) is 0.417. The minimum Gasteiger partial charge on any atom is -0.352 e. The number of amides is 2. The normalized spacial score (nSPS) is 12.4. The molecule has 2 aromatic carbocycles. The van der Waals surface area contributed by atoms with Gasteiger partial charge in [-0.1, -0.05) is 47.5 Å². The van der Waals surface area contributed by atoms with Gasteiger partial charge in [0.1, 0.15) is 12.6 Å². The van der Waals surface area contributed by atoms with E-state index in [4.69, 9.17) is 11.6 Å². The van der Waals surface area contributed by atoms with E-state index in [9.17, 15) is 18.0 Å². The third-order valence-corrected chi connectivity index (χ3v) is 6.51. The van der Waals surface area contributed by atoms with E-state index < -0.39 is 28.5 Å². The third-order valence-electron chi connectivity index (χ3n) is 5.15. The molecule has 7 nitrogen and oxygen atoms in total. The molecule has 0 saturated heterocycles. The van der Waals surface area contributed by atoms with Crippen molar-refractivity contribution in [1.82, 2.24) is 10.2 Å². The second-order valence-electron chi connectivity index (χ2n) is 8.55. The van der Waals surface area contributed by atoms with Gasteiger partial charge in [-0.3, -0.25) is 13.9 Å². The van der Waals surface area contributed by atoms with Crippen LogP contribution in [-0.2, 0) is 26.2 Å². The minimum atomic E-state index is -3.80. The second kappa shape index (κ2) is 11.0. The highest BCUT2D eigenvalue weighted by atomic mass is 35.5. The van der Waals surface area contributed by atoms with Gasteiger partial charge in [-0.2, -0.15) is 0 Å². The largest absolute Gasteiger partial charge is 0.352 e. The first-order valence-corrected chi connectivity index (χ1v) is 12.9. The van der Waals surface area contributed by atoms with Gasteiger partial charge in [-0.05, 0) is 57.9 Å². The van der Waals surface area contributed by atoms with Gasteiger partial charge in [0.15, 0.2) is 0 Å². The van der Waals surface area contributed by atoms with Crippen molar-refractivity contribution in [2.24, 2.45) is 0 Å². The summed E-state index contributed by atoms with van der Waals surface area (Å²) in [5.41, 5.74) is 2.85. The Hall–Kier alpha value is -2.58. The maximum Gasteiger partial charge on any atom is 0.244 e. The fourth-order valence-electron chi connectivity index (χ4n) is 3.44. The third kappa shape index (κ3) is 7.47. The molecule has 1 atom stereocenters. The van der Waals surface area contributed by atoms with Gasteiger partial charge in [0.05, 0.1) is 11.9 Å². The lowest BCUT2D eigenvalue weighted by molar-refractivity contribution is -0.139. The highest BCUT2D eigenvalue weighted by molar-refractivity contribution is 7.92. The van der Waals surface area contributed by atoms with Gasteiger partial charge in [0.25, 0.3) is 0 Å². The van der Waals surface area contributed by atoms with Crippen LogP contribution in [0.25, 0.3) is 0 Å². The molecule has 0 aliphatic heterocycles. The summed E-state index contributed by atoms with van der Waals surface area (Å²) in [4.78, 5) is 27.7. The summed E-state index contributed by atoms with van der Waals surface area (Å²) in [7, 11) is -3.80. The summed E-state index contributed by atoms with van der Waals surface area (Å²) >= 11 is 6.10. The summed E-state index contributed by atoms with van der Waals surface area (Å²) in [6, 6.07) is 11.6. The predicted molar refractivity (Wildman–Crippen MR) is 133 cm³/mol. The quantitative estimate of drug-likeness (QED) is 0.577. The van der Waals surface area contributed by atoms with Crippen LogP contribution in [0.5, 0.6) is 0 Å². The number of nitrogens with zero attached hydrogens (tertiary/aromatic N) is 2. The first-order chi connectivity index (χ1) is 15.3. The van der Waals surface area contributed by atoms with E-state index in [-0.39, 0.29) is 18.5 Å². The molecule has 180 valence electrons. The highest BCUT2D eigenvalue weighted by Crippen LogP contribution is 2.26. The average Bonchev–Trinajstić information content (AvgIpc) is 2.70. The zero-order valence-electron chi connectivity index (χ0n) is 19.9. The Morgan fingerprint density at radius 3 is 2.30 bits per heavy atom. The van der Waals surface area contributed by atoms with E-state index in [0.717, 1.165) is 21.7 Å². The van der Waals surface area contributed by atoms with Gasteiger partial charge >= 0.3 is 0 Å². The van der Waals surface area contributed by atoms with Crippen LogP contribution < -0.4 is 9.62 Å². The molecule has 2 aromatic rings. The molecule has 0 heterocycles. The summed E-state index contributed by atoms with van der Waals surface area (Å²) in [6.07, 6.45) is 1.04. The Morgan fingerprint density at radius 1 is 1.06 bits per heavy atom. The maximum atomic E-state index is 13.5. The molecule has 0 bridgehead atoms. The Kier molecular flexibility index (Phi) is 8.91. The Labute approximate surface area is 201 Å². The van der Waals surface area contributed by atoms with Crippen molar-refractivity contribution in [3.63, 3.8) is 0 Å². The molecule has 0 aromatic heterocycles. The van der Waals surface area contributed by atoms with Crippen molar-refractivity contribution < 1.29 is 18.0 Å². The van der Waals surface area contributed by atoms with Gasteiger partial charge in [0.2, 0.25) is 21.8 Å². The van der Waals surface area contributed by atoms with Crippen LogP contribution in [0.4, 0.5) is 5.69 Å². The van der Waals surface area contributed by atoms with E-state index in [2.05, 4.69) is 5.32 Å². The molecule has 0 aliphatic rings. The van der Waals surface area contributed by atoms with Gasteiger partial charge < -0.3 is 10.2 Å². The van der Waals surface area contributed by atoms with E-state index in [0.29, 0.717) is 16.3 Å². The maximum absolute atomic E-state index is 13.5. The Bertz CT molecular complexity index is 1120. The number of rotatable bonds is 9. The van der Waals surface area contributed by atoms with Crippen LogP contribution in [0, 0.1) is 13.8 Å². The standard InChI is InChI=1S/C24H32ClN3O4S/c1-16(2)26-24(30)19(5)27(14-20-9-7-8-17(3)12-20)23(29)15-28(33(6,31)32)22-13-21(25)11-10-18(22)4/h7-13,16,19H,14-15H2,1-6H3,(H,26,30)/t19-/m0/s1. The molecule has 0 saturated carbocycles. The van der Waals surface area contributed by atoms with E-state index >= 15 is 0 Å². The SMILES string of the molecule is Cc1cccc(CN(C(=O)CN(c2cc(Cl)ccc2C)S(C)(=O)=O)[C@@H](C)C(=O)NC(C)C)c1. The zero-order chi connectivity index (χ0) is 24.9. The number of carbonyl (C=O) groups excluding carboxylic acids is 2. The number of hydrogen-bond donors (Lipinski definition) is 1. The lowest BCUT2D eigenvalue weighted by atomic mass is 10.1. The summed E-state index contributed by atoms with van der Waals surface area (Å²) < 4.78 is 26.3. The number of halogens is 1. The summed E-state index contributed by atoms with van der Waals surface area (Å²) in [5, 5.41) is 3.18. The zero-order valence-corrected chi connectivity index (χ0v) is 21.5. The molecule has 9 heteroatoms. The predicted octanol–water partition coefficient (Wildman–Crippen LogP) is 3.66. The van der Waals surface area contributed by atoms with Crippen LogP contribution in [0.15, 0.2) is 42.5 Å². The van der Waals surface area contributed by atoms with Gasteiger partial charge in [-0.25, -0.2) is 8.42 Å². The van der Waals surface area contributed by atoms with Crippen molar-refractivity contribution in [3.05, 3.63) is 64.2 Å². The van der Waals surface area contributed by atoms with Crippen LogP contribution in [0.1, 0.15) is 37.5 Å². The van der Waals surface area contributed by atoms with Crippen LogP contribution in [0.3, 0.4) is 0 Å². The molecule has 0 unspecified atom stereocenters. The van der Waals surface area contributed by atoms with Crippen LogP contribution >= 0.6 is 11.6 Å². The van der Waals surface area contributed by atoms with Crippen molar-refractivity contribution in [2.45, 2.75) is 53.2 Å². The summed E-state index contributed by atoms with van der Waals surface area (Å²) in [6.45, 7) is 8.72. The summed E-state index contributed by atoms with van der Waals surface area (Å²) in [5.74, 6) is -0.802. The number of benzene rings is 2. The average molecular weight is 494 g/mol. The molecular weight excluding hydrogens is 462 g/mol. The number of sulfonamides is 1. The number of carbonyl (C=O) groups is 2. The molecule has 0 aliphatic carbocycles. The van der Waals surface area contributed by atoms with E-state index in [1.54, 1.807) is 26.0 Å². The monoisotopic (exact) mass is 493 g/mol. The van der Waals surface area contributed by atoms with Crippen molar-refractivity contribution in [3.8, 4) is 0 Å². The lowest BCUT2D eigenvalue weighted by Crippen LogP contribution is -2.52. The topological polar surface area (TPSA) is 86.8 Å². The first-order valence-electron chi connectivity index (χ1n) is 10.7. The smallest absolute Gasteiger partial charge is 0.244 e. The number of hydrogen-bond acceptors (Lipinski definition) is 4. The fourth-order valence-corrected chi connectivity index (χ4v) is 4.51. The van der Waals surface area contributed by atoms with Gasteiger partial charge in [-0.15, -0.1) is 0 Å². The lowest BCUT2D eigenvalue weighted by Gasteiger charge is -2.32. The van der Waals surface area contributed by atoms with Gasteiger partial charge in [0, 0.05) is 17.6 Å². The van der Waals surface area contributed by atoms with Crippen molar-refractivity contribution in [2.75, 3.05) is 17.1 Å². The Balaban J connectivity index is 2.44. The molecule has 0 radical (unpaired) electrons.